The highest BCUT2D eigenvalue weighted by molar-refractivity contribution is 7.88. The van der Waals surface area contributed by atoms with Gasteiger partial charge in [-0.25, -0.2) is 8.42 Å². The number of hydrogen-bond donors (Lipinski definition) is 0. The second-order valence-electron chi connectivity index (χ2n) is 6.79. The highest BCUT2D eigenvalue weighted by atomic mass is 32.2. The lowest BCUT2D eigenvalue weighted by molar-refractivity contribution is 0.111. The molecular weight excluding hydrogens is 322 g/mol. The summed E-state index contributed by atoms with van der Waals surface area (Å²) in [6.45, 7) is 2.87. The molecule has 2 aliphatic rings. The number of nitriles is 1. The Balaban J connectivity index is 1.56. The van der Waals surface area contributed by atoms with Crippen molar-refractivity contribution in [2.75, 3.05) is 26.2 Å². The van der Waals surface area contributed by atoms with E-state index in [1.54, 1.807) is 28.6 Å². The van der Waals surface area contributed by atoms with Crippen LogP contribution in [0.4, 0.5) is 0 Å². The van der Waals surface area contributed by atoms with Crippen molar-refractivity contribution in [1.82, 2.24) is 9.21 Å². The summed E-state index contributed by atoms with van der Waals surface area (Å²) in [6, 6.07) is 9.51. The fourth-order valence-electron chi connectivity index (χ4n) is 3.77. The third kappa shape index (κ3) is 4.15. The minimum absolute atomic E-state index is 0.0160. The van der Waals surface area contributed by atoms with Crippen LogP contribution in [0.5, 0.6) is 0 Å². The Kier molecular flexibility index (Phi) is 5.54. The van der Waals surface area contributed by atoms with Crippen molar-refractivity contribution in [3.63, 3.8) is 0 Å². The quantitative estimate of drug-likeness (QED) is 0.838. The van der Waals surface area contributed by atoms with E-state index in [9.17, 15) is 8.42 Å². The Morgan fingerprint density at radius 1 is 1.00 bits per heavy atom. The SMILES string of the molecule is N#Cc1ccc(CS(=O)(=O)N2CCN(C3CCCCC3)CC2)cc1. The van der Waals surface area contributed by atoms with E-state index in [1.165, 1.54) is 32.1 Å². The van der Waals surface area contributed by atoms with Crippen molar-refractivity contribution >= 4 is 10.0 Å². The highest BCUT2D eigenvalue weighted by Gasteiger charge is 2.30. The van der Waals surface area contributed by atoms with Gasteiger partial charge in [0.2, 0.25) is 10.0 Å². The van der Waals surface area contributed by atoms with E-state index < -0.39 is 10.0 Å². The maximum absolute atomic E-state index is 12.6. The van der Waals surface area contributed by atoms with Crippen molar-refractivity contribution in [2.45, 2.75) is 43.9 Å². The molecule has 1 aromatic rings. The first kappa shape index (κ1) is 17.4. The summed E-state index contributed by atoms with van der Waals surface area (Å²) in [5, 5.41) is 8.82. The lowest BCUT2D eigenvalue weighted by Crippen LogP contribution is -2.52. The molecule has 130 valence electrons. The molecule has 1 heterocycles. The zero-order valence-electron chi connectivity index (χ0n) is 14.0. The Morgan fingerprint density at radius 3 is 2.21 bits per heavy atom. The molecular formula is C18H25N3O2S. The second-order valence-corrected chi connectivity index (χ2v) is 8.76. The summed E-state index contributed by atoms with van der Waals surface area (Å²) in [5.41, 5.74) is 1.29. The molecule has 3 rings (SSSR count). The average Bonchev–Trinajstić information content (AvgIpc) is 2.63. The highest BCUT2D eigenvalue weighted by Crippen LogP contribution is 2.24. The lowest BCUT2D eigenvalue weighted by atomic mass is 9.94. The molecule has 1 aliphatic carbocycles. The molecule has 0 bridgehead atoms. The Labute approximate surface area is 144 Å². The molecule has 0 atom stereocenters. The van der Waals surface area contributed by atoms with Crippen LogP contribution in [0, 0.1) is 11.3 Å². The van der Waals surface area contributed by atoms with Crippen LogP contribution < -0.4 is 0 Å². The first-order valence-corrected chi connectivity index (χ1v) is 10.4. The van der Waals surface area contributed by atoms with Crippen LogP contribution in [0.2, 0.25) is 0 Å². The molecule has 1 aliphatic heterocycles. The molecule has 0 spiro atoms. The zero-order chi connectivity index (χ0) is 17.0. The summed E-state index contributed by atoms with van der Waals surface area (Å²) in [4.78, 5) is 2.48. The molecule has 0 N–H and O–H groups in total. The summed E-state index contributed by atoms with van der Waals surface area (Å²) in [6.07, 6.45) is 6.48. The smallest absolute Gasteiger partial charge is 0.218 e. The van der Waals surface area contributed by atoms with E-state index in [1.807, 2.05) is 0 Å². The summed E-state index contributed by atoms with van der Waals surface area (Å²) in [7, 11) is -3.29. The van der Waals surface area contributed by atoms with Gasteiger partial charge in [-0.15, -0.1) is 0 Å². The number of nitrogens with zero attached hydrogens (tertiary/aromatic N) is 3. The standard InChI is InChI=1S/C18H25N3O2S/c19-14-16-6-8-17(9-7-16)15-24(22,23)21-12-10-20(11-13-21)18-4-2-1-3-5-18/h6-9,18H,1-5,10-13,15H2. The van der Waals surface area contributed by atoms with E-state index in [4.69, 9.17) is 5.26 Å². The zero-order valence-corrected chi connectivity index (χ0v) is 14.8. The Bertz CT molecular complexity index is 680. The van der Waals surface area contributed by atoms with Crippen LogP contribution in [0.3, 0.4) is 0 Å². The van der Waals surface area contributed by atoms with E-state index in [-0.39, 0.29) is 5.75 Å². The minimum Gasteiger partial charge on any atom is -0.298 e. The molecule has 1 saturated carbocycles. The molecule has 0 aromatic heterocycles. The van der Waals surface area contributed by atoms with E-state index in [0.717, 1.165) is 18.7 Å². The Morgan fingerprint density at radius 2 is 1.62 bits per heavy atom. The van der Waals surface area contributed by atoms with Crippen LogP contribution in [0.1, 0.15) is 43.2 Å². The van der Waals surface area contributed by atoms with Crippen molar-refractivity contribution in [3.05, 3.63) is 35.4 Å². The minimum atomic E-state index is -3.29. The number of sulfonamides is 1. The molecule has 1 saturated heterocycles. The number of piperazine rings is 1. The van der Waals surface area contributed by atoms with Crippen molar-refractivity contribution < 1.29 is 8.42 Å². The van der Waals surface area contributed by atoms with Crippen LogP contribution >= 0.6 is 0 Å². The van der Waals surface area contributed by atoms with Crippen LogP contribution in [0.25, 0.3) is 0 Å². The molecule has 0 radical (unpaired) electrons. The van der Waals surface area contributed by atoms with E-state index in [2.05, 4.69) is 11.0 Å². The van der Waals surface area contributed by atoms with Crippen molar-refractivity contribution in [1.29, 1.82) is 5.26 Å². The van der Waals surface area contributed by atoms with Gasteiger partial charge < -0.3 is 0 Å². The first-order valence-electron chi connectivity index (χ1n) is 8.79. The summed E-state index contributed by atoms with van der Waals surface area (Å²) in [5.74, 6) is 0.0160. The van der Waals surface area contributed by atoms with Gasteiger partial charge in [0.05, 0.1) is 17.4 Å². The molecule has 0 amide bonds. The molecule has 1 aromatic carbocycles. The predicted octanol–water partition coefficient (Wildman–Crippen LogP) is 2.34. The monoisotopic (exact) mass is 347 g/mol. The Hall–Kier alpha value is -1.42. The van der Waals surface area contributed by atoms with Crippen LogP contribution in [-0.4, -0.2) is 49.8 Å². The van der Waals surface area contributed by atoms with Crippen LogP contribution in [0.15, 0.2) is 24.3 Å². The maximum atomic E-state index is 12.6. The third-order valence-corrected chi connectivity index (χ3v) is 7.04. The fraction of sp³-hybridized carbons (Fsp3) is 0.611. The second kappa shape index (κ2) is 7.64. The molecule has 6 heteroatoms. The van der Waals surface area contributed by atoms with Gasteiger partial charge in [0.25, 0.3) is 0 Å². The van der Waals surface area contributed by atoms with Crippen molar-refractivity contribution in [3.8, 4) is 6.07 Å². The number of rotatable bonds is 4. The topological polar surface area (TPSA) is 64.4 Å². The fourth-order valence-corrected chi connectivity index (χ4v) is 5.29. The van der Waals surface area contributed by atoms with Gasteiger partial charge in [0.15, 0.2) is 0 Å². The lowest BCUT2D eigenvalue weighted by Gasteiger charge is -2.40. The van der Waals surface area contributed by atoms with Gasteiger partial charge in [-0.3, -0.25) is 4.90 Å². The van der Waals surface area contributed by atoms with E-state index >= 15 is 0 Å². The van der Waals surface area contributed by atoms with Gasteiger partial charge in [0, 0.05) is 32.2 Å². The van der Waals surface area contributed by atoms with Crippen molar-refractivity contribution in [2.24, 2.45) is 0 Å². The molecule has 24 heavy (non-hydrogen) atoms. The molecule has 5 nitrogen and oxygen atoms in total. The number of hydrogen-bond acceptors (Lipinski definition) is 4. The molecule has 0 unspecified atom stereocenters. The predicted molar refractivity (Wildman–Crippen MR) is 93.8 cm³/mol. The summed E-state index contributed by atoms with van der Waals surface area (Å²) >= 11 is 0. The maximum Gasteiger partial charge on any atom is 0.218 e. The molecule has 2 fully saturated rings. The summed E-state index contributed by atoms with van der Waals surface area (Å²) < 4.78 is 26.9. The van der Waals surface area contributed by atoms with Gasteiger partial charge in [-0.2, -0.15) is 9.57 Å². The van der Waals surface area contributed by atoms with Gasteiger partial charge in [-0.05, 0) is 30.5 Å². The largest absolute Gasteiger partial charge is 0.298 e. The van der Waals surface area contributed by atoms with Crippen LogP contribution in [-0.2, 0) is 15.8 Å². The van der Waals surface area contributed by atoms with Gasteiger partial charge in [0.1, 0.15) is 0 Å². The van der Waals surface area contributed by atoms with Gasteiger partial charge in [-0.1, -0.05) is 31.4 Å². The van der Waals surface area contributed by atoms with Gasteiger partial charge >= 0.3 is 0 Å². The average molecular weight is 347 g/mol. The first-order chi connectivity index (χ1) is 11.6. The number of benzene rings is 1. The normalized spacial score (nSPS) is 21.5. The third-order valence-electron chi connectivity index (χ3n) is 5.19. The van der Waals surface area contributed by atoms with E-state index in [0.29, 0.717) is 24.7 Å².